The summed E-state index contributed by atoms with van der Waals surface area (Å²) in [5.74, 6) is -0.149. The van der Waals surface area contributed by atoms with Gasteiger partial charge in [-0.1, -0.05) is 50.9 Å². The molecular weight excluding hydrogens is 451 g/mol. The molecule has 1 saturated carbocycles. The first kappa shape index (κ1) is 26.3. The Bertz CT molecular complexity index is 803. The van der Waals surface area contributed by atoms with Gasteiger partial charge < -0.3 is 15.1 Å². The molecule has 2 saturated heterocycles. The molecule has 4 amide bonds. The van der Waals surface area contributed by atoms with E-state index in [4.69, 9.17) is 23.2 Å². The van der Waals surface area contributed by atoms with Crippen LogP contribution in [-0.4, -0.2) is 54.5 Å². The third-order valence-corrected chi connectivity index (χ3v) is 6.26. The monoisotopic (exact) mass is 484 g/mol. The number of rotatable bonds is 5. The number of halogens is 2. The summed E-state index contributed by atoms with van der Waals surface area (Å²) < 4.78 is 0. The second kappa shape index (κ2) is 11.8. The number of benzene rings is 1. The van der Waals surface area contributed by atoms with Gasteiger partial charge in [0.25, 0.3) is 5.91 Å². The van der Waals surface area contributed by atoms with Crippen molar-refractivity contribution in [1.82, 2.24) is 15.5 Å². The van der Waals surface area contributed by atoms with E-state index < -0.39 is 11.6 Å². The summed E-state index contributed by atoms with van der Waals surface area (Å²) in [5, 5.41) is 6.27. The predicted octanol–water partition coefficient (Wildman–Crippen LogP) is 4.46. The zero-order valence-corrected chi connectivity index (χ0v) is 20.9. The van der Waals surface area contributed by atoms with Gasteiger partial charge in [-0.3, -0.25) is 14.9 Å². The molecule has 7 nitrogen and oxygen atoms in total. The number of hydrogen-bond donors (Lipinski definition) is 2. The lowest BCUT2D eigenvalue weighted by atomic mass is 9.87. The Labute approximate surface area is 200 Å². The van der Waals surface area contributed by atoms with Gasteiger partial charge in [0.2, 0.25) is 5.91 Å². The zero-order valence-electron chi connectivity index (χ0n) is 19.3. The third-order valence-electron chi connectivity index (χ3n) is 5.82. The largest absolute Gasteiger partial charge is 0.368 e. The molecule has 2 N–H and O–H groups in total. The van der Waals surface area contributed by atoms with Crippen LogP contribution in [0.4, 0.5) is 10.5 Å². The van der Waals surface area contributed by atoms with Crippen molar-refractivity contribution in [2.75, 3.05) is 31.1 Å². The summed E-state index contributed by atoms with van der Waals surface area (Å²) in [6, 6.07) is 4.97. The first-order chi connectivity index (χ1) is 15.4. The minimum absolute atomic E-state index is 0.0118. The maximum absolute atomic E-state index is 12.7. The molecule has 2 heterocycles. The first-order valence-corrected chi connectivity index (χ1v) is 12.3. The molecule has 4 rings (SSSR count). The second-order valence-corrected chi connectivity index (χ2v) is 8.52. The van der Waals surface area contributed by atoms with Crippen LogP contribution in [0.2, 0.25) is 10.0 Å². The highest BCUT2D eigenvalue weighted by atomic mass is 35.5. The number of carbonyl (C=O) groups is 3. The Balaban J connectivity index is 0.000000860. The second-order valence-electron chi connectivity index (χ2n) is 7.65. The van der Waals surface area contributed by atoms with Crippen LogP contribution in [0.5, 0.6) is 0 Å². The van der Waals surface area contributed by atoms with Crippen molar-refractivity contribution in [3.63, 3.8) is 0 Å². The Morgan fingerprint density at radius 1 is 1.00 bits per heavy atom. The number of urea groups is 1. The highest BCUT2D eigenvalue weighted by Crippen LogP contribution is 2.43. The van der Waals surface area contributed by atoms with Crippen molar-refractivity contribution in [3.8, 4) is 0 Å². The van der Waals surface area contributed by atoms with E-state index in [1.165, 1.54) is 0 Å². The summed E-state index contributed by atoms with van der Waals surface area (Å²) >= 11 is 12.2. The molecule has 32 heavy (non-hydrogen) atoms. The van der Waals surface area contributed by atoms with E-state index in [9.17, 15) is 14.4 Å². The minimum atomic E-state index is -0.911. The summed E-state index contributed by atoms with van der Waals surface area (Å²) in [6.07, 6.45) is 2.40. The topological polar surface area (TPSA) is 81.8 Å². The molecule has 9 heteroatoms. The molecule has 1 atom stereocenters. The molecule has 3 fully saturated rings. The number of nitrogens with one attached hydrogen (secondary N) is 2. The van der Waals surface area contributed by atoms with Crippen LogP contribution >= 0.6 is 23.2 Å². The molecule has 3 aliphatic rings. The summed E-state index contributed by atoms with van der Waals surface area (Å²) in [5.41, 5.74) is 0.0363. The van der Waals surface area contributed by atoms with Crippen molar-refractivity contribution in [2.24, 2.45) is 5.92 Å². The zero-order chi connectivity index (χ0) is 23.9. The lowest BCUT2D eigenvalue weighted by molar-refractivity contribution is -0.132. The molecule has 0 bridgehead atoms. The number of imide groups is 1. The molecule has 0 aromatic heterocycles. The number of amides is 4. The van der Waals surface area contributed by atoms with Crippen LogP contribution in [-0.2, 0) is 9.59 Å². The maximum atomic E-state index is 12.7. The van der Waals surface area contributed by atoms with Crippen molar-refractivity contribution >= 4 is 46.7 Å². The average Bonchev–Trinajstić information content (AvgIpc) is 3.60. The SMILES string of the molecule is CC.CC.O=C1NC(=O)C(CCC(=O)N2CCN(c3cc(Cl)cc(Cl)c3)CC2)(C2CC2)N1. The van der Waals surface area contributed by atoms with E-state index in [2.05, 4.69) is 15.5 Å². The van der Waals surface area contributed by atoms with Crippen LogP contribution in [0.1, 0.15) is 53.4 Å². The molecule has 2 aliphatic heterocycles. The number of carbonyl (C=O) groups excluding carboxylic acids is 3. The quantitative estimate of drug-likeness (QED) is 0.604. The van der Waals surface area contributed by atoms with Crippen molar-refractivity contribution < 1.29 is 14.4 Å². The molecule has 178 valence electrons. The Morgan fingerprint density at radius 3 is 2.03 bits per heavy atom. The fraction of sp³-hybridized carbons (Fsp3) is 0.609. The Hall–Kier alpha value is -1.99. The fourth-order valence-electron chi connectivity index (χ4n) is 4.15. The highest BCUT2D eigenvalue weighted by molar-refractivity contribution is 6.35. The normalized spacial score (nSPS) is 22.2. The van der Waals surface area contributed by atoms with Gasteiger partial charge in [0, 0.05) is 48.3 Å². The van der Waals surface area contributed by atoms with E-state index in [-0.39, 0.29) is 24.2 Å². The Morgan fingerprint density at radius 2 is 1.56 bits per heavy atom. The molecule has 0 spiro atoms. The van der Waals surface area contributed by atoms with Gasteiger partial charge in [-0.05, 0) is 43.4 Å². The van der Waals surface area contributed by atoms with Crippen LogP contribution in [0.3, 0.4) is 0 Å². The maximum Gasteiger partial charge on any atom is 0.322 e. The fourth-order valence-corrected chi connectivity index (χ4v) is 4.66. The van der Waals surface area contributed by atoms with E-state index in [1.54, 1.807) is 6.07 Å². The van der Waals surface area contributed by atoms with Crippen molar-refractivity contribution in [1.29, 1.82) is 0 Å². The van der Waals surface area contributed by atoms with E-state index in [0.717, 1.165) is 18.5 Å². The lowest BCUT2D eigenvalue weighted by Crippen LogP contribution is -2.51. The smallest absolute Gasteiger partial charge is 0.322 e. The van der Waals surface area contributed by atoms with E-state index in [1.807, 2.05) is 44.7 Å². The van der Waals surface area contributed by atoms with Crippen LogP contribution in [0.25, 0.3) is 0 Å². The van der Waals surface area contributed by atoms with Gasteiger partial charge in [-0.15, -0.1) is 0 Å². The molecule has 1 aromatic carbocycles. The molecule has 0 radical (unpaired) electrons. The summed E-state index contributed by atoms with van der Waals surface area (Å²) in [6.45, 7) is 10.6. The minimum Gasteiger partial charge on any atom is -0.368 e. The standard InChI is InChI=1S/C19H22Cl2N4O3.2C2H6/c20-13-9-14(21)11-15(10-13)24-5-7-25(8-6-24)16(26)3-4-19(12-1-2-12)17(27)22-18(28)23-19;2*1-2/h9-12H,1-8H2,(H2,22,23,27,28);2*1-2H3. The van der Waals surface area contributed by atoms with Gasteiger partial charge in [0.1, 0.15) is 5.54 Å². The molecular formula is C23H34Cl2N4O3. The number of nitrogens with zero attached hydrogens (tertiary/aromatic N) is 2. The van der Waals surface area contributed by atoms with Crippen molar-refractivity contribution in [3.05, 3.63) is 28.2 Å². The van der Waals surface area contributed by atoms with Gasteiger partial charge in [0.05, 0.1) is 0 Å². The van der Waals surface area contributed by atoms with Gasteiger partial charge in [-0.2, -0.15) is 0 Å². The molecule has 1 unspecified atom stereocenters. The highest BCUT2D eigenvalue weighted by Gasteiger charge is 2.55. The predicted molar refractivity (Wildman–Crippen MR) is 129 cm³/mol. The van der Waals surface area contributed by atoms with Crippen molar-refractivity contribution in [2.45, 2.75) is 58.9 Å². The number of piperazine rings is 1. The van der Waals surface area contributed by atoms with Gasteiger partial charge in [0.15, 0.2) is 0 Å². The average molecular weight is 485 g/mol. The van der Waals surface area contributed by atoms with Crippen LogP contribution in [0.15, 0.2) is 18.2 Å². The summed E-state index contributed by atoms with van der Waals surface area (Å²) in [4.78, 5) is 40.6. The van der Waals surface area contributed by atoms with Crippen LogP contribution in [0, 0.1) is 5.92 Å². The molecule has 1 aliphatic carbocycles. The van der Waals surface area contributed by atoms with Gasteiger partial charge in [-0.25, -0.2) is 4.79 Å². The lowest BCUT2D eigenvalue weighted by Gasteiger charge is -2.37. The first-order valence-electron chi connectivity index (χ1n) is 11.5. The van der Waals surface area contributed by atoms with Crippen LogP contribution < -0.4 is 15.5 Å². The third kappa shape index (κ3) is 6.07. The summed E-state index contributed by atoms with van der Waals surface area (Å²) in [7, 11) is 0. The number of anilines is 1. The Kier molecular flexibility index (Phi) is 9.64. The van der Waals surface area contributed by atoms with E-state index in [0.29, 0.717) is 42.6 Å². The van der Waals surface area contributed by atoms with E-state index >= 15 is 0 Å². The molecule has 1 aromatic rings. The van der Waals surface area contributed by atoms with Gasteiger partial charge >= 0.3 is 6.03 Å². The number of hydrogen-bond acceptors (Lipinski definition) is 4.